The van der Waals surface area contributed by atoms with Crippen LogP contribution in [0, 0.1) is 4.77 Å². The van der Waals surface area contributed by atoms with Gasteiger partial charge in [-0.1, -0.05) is 10.3 Å². The molecular formula is C9H10N4O2S. The van der Waals surface area contributed by atoms with Gasteiger partial charge in [-0.15, -0.1) is 0 Å². The molecule has 6 nitrogen and oxygen atoms in total. The van der Waals surface area contributed by atoms with Crippen molar-refractivity contribution >= 4 is 12.2 Å². The van der Waals surface area contributed by atoms with Crippen molar-refractivity contribution in [3.63, 3.8) is 0 Å². The fourth-order valence-electron chi connectivity index (χ4n) is 1.32. The topological polar surface area (TPSA) is 65.0 Å². The number of nitrogens with one attached hydrogen (secondary N) is 1. The summed E-state index contributed by atoms with van der Waals surface area (Å²) in [5, 5.41) is 9.97. The molecule has 0 unspecified atom stereocenters. The lowest BCUT2D eigenvalue weighted by Crippen LogP contribution is -2.00. The van der Waals surface area contributed by atoms with Crippen LogP contribution < -0.4 is 9.47 Å². The van der Waals surface area contributed by atoms with Crippen molar-refractivity contribution in [1.29, 1.82) is 0 Å². The summed E-state index contributed by atoms with van der Waals surface area (Å²) >= 11 is 5.01. The summed E-state index contributed by atoms with van der Waals surface area (Å²) < 4.78 is 12.2. The zero-order chi connectivity index (χ0) is 11.5. The number of nitrogens with zero attached hydrogens (tertiary/aromatic N) is 3. The zero-order valence-corrected chi connectivity index (χ0v) is 9.61. The Morgan fingerprint density at radius 3 is 2.69 bits per heavy atom. The predicted molar refractivity (Wildman–Crippen MR) is 59.6 cm³/mol. The predicted octanol–water partition coefficient (Wildman–Crippen LogP) is 1.34. The molecule has 1 N–H and O–H groups in total. The van der Waals surface area contributed by atoms with Crippen LogP contribution in [0.1, 0.15) is 0 Å². The number of ether oxygens (including phenoxy) is 2. The van der Waals surface area contributed by atoms with Gasteiger partial charge in [0.1, 0.15) is 17.2 Å². The molecule has 1 aromatic carbocycles. The van der Waals surface area contributed by atoms with Gasteiger partial charge in [0, 0.05) is 6.07 Å². The molecule has 0 aliphatic carbocycles. The number of benzene rings is 1. The maximum Gasteiger partial charge on any atom is 0.243 e. The largest absolute Gasteiger partial charge is 0.497 e. The van der Waals surface area contributed by atoms with Crippen LogP contribution in [0.5, 0.6) is 11.5 Å². The van der Waals surface area contributed by atoms with E-state index in [9.17, 15) is 0 Å². The minimum Gasteiger partial charge on any atom is -0.497 e. The molecule has 0 amide bonds. The van der Waals surface area contributed by atoms with E-state index in [0.717, 1.165) is 5.69 Å². The summed E-state index contributed by atoms with van der Waals surface area (Å²) in [4.78, 5) is 0. The second-order valence-corrected chi connectivity index (χ2v) is 3.32. The van der Waals surface area contributed by atoms with Crippen LogP contribution in [0.2, 0.25) is 0 Å². The molecule has 0 saturated carbocycles. The van der Waals surface area contributed by atoms with Gasteiger partial charge in [0.2, 0.25) is 4.77 Å². The van der Waals surface area contributed by atoms with Crippen LogP contribution in [-0.4, -0.2) is 34.4 Å². The van der Waals surface area contributed by atoms with E-state index in [-0.39, 0.29) is 0 Å². The lowest BCUT2D eigenvalue weighted by molar-refractivity contribution is 0.392. The fraction of sp³-hybridized carbons (Fsp3) is 0.222. The third kappa shape index (κ3) is 1.76. The first-order chi connectivity index (χ1) is 7.76. The molecule has 0 radical (unpaired) electrons. The van der Waals surface area contributed by atoms with E-state index < -0.39 is 0 Å². The van der Waals surface area contributed by atoms with E-state index in [4.69, 9.17) is 21.7 Å². The van der Waals surface area contributed by atoms with Crippen LogP contribution in [0.15, 0.2) is 18.2 Å². The zero-order valence-electron chi connectivity index (χ0n) is 8.80. The molecule has 2 rings (SSSR count). The standard InChI is InChI=1S/C9H10N4O2S/c1-14-6-3-4-7(8(5-6)15-2)13-9(16)10-11-12-13/h3-5H,1-2H3,(H,10,12,16). The van der Waals surface area contributed by atoms with Gasteiger partial charge in [-0.05, 0) is 24.4 Å². The number of methoxy groups -OCH3 is 2. The first-order valence-electron chi connectivity index (χ1n) is 4.48. The number of H-pyrrole nitrogens is 1. The van der Waals surface area contributed by atoms with Crippen molar-refractivity contribution in [1.82, 2.24) is 20.2 Å². The first kappa shape index (κ1) is 10.6. The number of hydrogen-bond acceptors (Lipinski definition) is 5. The average Bonchev–Trinajstić information content (AvgIpc) is 2.74. The van der Waals surface area contributed by atoms with E-state index >= 15 is 0 Å². The molecule has 0 spiro atoms. The lowest BCUT2D eigenvalue weighted by atomic mass is 10.3. The van der Waals surface area contributed by atoms with Crippen molar-refractivity contribution in [2.75, 3.05) is 14.2 Å². The molecule has 0 fully saturated rings. The molecule has 84 valence electrons. The molecule has 7 heteroatoms. The average molecular weight is 238 g/mol. The molecule has 0 atom stereocenters. The molecule has 1 heterocycles. The Morgan fingerprint density at radius 2 is 2.12 bits per heavy atom. The highest BCUT2D eigenvalue weighted by atomic mass is 32.1. The van der Waals surface area contributed by atoms with Crippen LogP contribution in [0.25, 0.3) is 5.69 Å². The van der Waals surface area contributed by atoms with Crippen molar-refractivity contribution in [3.05, 3.63) is 23.0 Å². The van der Waals surface area contributed by atoms with Gasteiger partial charge in [0.15, 0.2) is 0 Å². The van der Waals surface area contributed by atoms with Crippen molar-refractivity contribution in [2.24, 2.45) is 0 Å². The van der Waals surface area contributed by atoms with Gasteiger partial charge < -0.3 is 9.47 Å². The van der Waals surface area contributed by atoms with Gasteiger partial charge in [-0.3, -0.25) is 0 Å². The highest BCUT2D eigenvalue weighted by molar-refractivity contribution is 7.71. The van der Waals surface area contributed by atoms with Crippen LogP contribution in [-0.2, 0) is 0 Å². The molecule has 0 aliphatic heterocycles. The van der Waals surface area contributed by atoms with Gasteiger partial charge in [-0.25, -0.2) is 4.68 Å². The lowest BCUT2D eigenvalue weighted by Gasteiger charge is -2.09. The SMILES string of the molecule is COc1ccc(-n2[nH]nnc2=S)c(OC)c1. The van der Waals surface area contributed by atoms with Crippen molar-refractivity contribution < 1.29 is 9.47 Å². The second kappa shape index (κ2) is 4.31. The monoisotopic (exact) mass is 238 g/mol. The summed E-state index contributed by atoms with van der Waals surface area (Å²) in [6.07, 6.45) is 0. The Labute approximate surface area is 96.8 Å². The summed E-state index contributed by atoms with van der Waals surface area (Å²) in [5.74, 6) is 1.33. The highest BCUT2D eigenvalue weighted by Gasteiger charge is 2.08. The maximum absolute atomic E-state index is 5.24. The molecule has 2 aromatic rings. The Hall–Kier alpha value is -1.89. The molecule has 1 aromatic heterocycles. The second-order valence-electron chi connectivity index (χ2n) is 2.96. The smallest absolute Gasteiger partial charge is 0.243 e. The fourth-order valence-corrected chi connectivity index (χ4v) is 1.50. The molecular weight excluding hydrogens is 228 g/mol. The van der Waals surface area contributed by atoms with Crippen LogP contribution in [0.4, 0.5) is 0 Å². The number of tetrazole rings is 1. The van der Waals surface area contributed by atoms with Gasteiger partial charge >= 0.3 is 0 Å². The molecule has 0 bridgehead atoms. The Morgan fingerprint density at radius 1 is 1.31 bits per heavy atom. The van der Waals surface area contributed by atoms with Crippen LogP contribution in [0.3, 0.4) is 0 Å². The van der Waals surface area contributed by atoms with Gasteiger partial charge in [-0.2, -0.15) is 5.21 Å². The van der Waals surface area contributed by atoms with Gasteiger partial charge in [0.25, 0.3) is 0 Å². The van der Waals surface area contributed by atoms with E-state index in [1.54, 1.807) is 31.0 Å². The minimum absolute atomic E-state index is 0.337. The third-order valence-electron chi connectivity index (χ3n) is 2.10. The Bertz CT molecular complexity index is 548. The third-order valence-corrected chi connectivity index (χ3v) is 2.36. The molecule has 0 aliphatic rings. The normalized spacial score (nSPS) is 10.1. The summed E-state index contributed by atoms with van der Waals surface area (Å²) in [6, 6.07) is 5.38. The van der Waals surface area contributed by atoms with Gasteiger partial charge in [0.05, 0.1) is 14.2 Å². The van der Waals surface area contributed by atoms with Crippen molar-refractivity contribution in [2.45, 2.75) is 0 Å². The maximum atomic E-state index is 5.24. The van der Waals surface area contributed by atoms with E-state index in [0.29, 0.717) is 16.3 Å². The molecule has 0 saturated heterocycles. The summed E-state index contributed by atoms with van der Waals surface area (Å²) in [6.45, 7) is 0. The van der Waals surface area contributed by atoms with Crippen LogP contribution >= 0.6 is 12.2 Å². The number of aromatic amines is 1. The van der Waals surface area contributed by atoms with E-state index in [2.05, 4.69) is 15.5 Å². The highest BCUT2D eigenvalue weighted by Crippen LogP contribution is 2.26. The Balaban J connectivity index is 2.57. The minimum atomic E-state index is 0.337. The Kier molecular flexibility index (Phi) is 2.86. The molecule has 16 heavy (non-hydrogen) atoms. The van der Waals surface area contributed by atoms with E-state index in [1.807, 2.05) is 6.07 Å². The van der Waals surface area contributed by atoms with Crippen molar-refractivity contribution in [3.8, 4) is 17.2 Å². The summed E-state index contributed by atoms with van der Waals surface area (Å²) in [7, 11) is 3.17. The summed E-state index contributed by atoms with van der Waals surface area (Å²) in [5.41, 5.74) is 0.735. The van der Waals surface area contributed by atoms with E-state index in [1.165, 1.54) is 0 Å². The quantitative estimate of drug-likeness (QED) is 0.817. The first-order valence-corrected chi connectivity index (χ1v) is 4.89. The number of aromatic nitrogens is 4. The number of rotatable bonds is 3. The number of hydrogen-bond donors (Lipinski definition) is 1.